The Balaban J connectivity index is 1.38. The highest BCUT2D eigenvalue weighted by Crippen LogP contribution is 2.24. The fourth-order valence-electron chi connectivity index (χ4n) is 3.55. The average Bonchev–Trinajstić information content (AvgIpc) is 3.53. The van der Waals surface area contributed by atoms with Crippen LogP contribution in [0.15, 0.2) is 69.2 Å². The highest BCUT2D eigenvalue weighted by Gasteiger charge is 2.15. The monoisotopic (exact) mass is 479 g/mol. The van der Waals surface area contributed by atoms with Crippen LogP contribution in [0.25, 0.3) is 4.96 Å². The molecule has 9 heteroatoms. The second kappa shape index (κ2) is 9.40. The third-order valence-electron chi connectivity index (χ3n) is 5.15. The van der Waals surface area contributed by atoms with Crippen LogP contribution in [0.1, 0.15) is 27.7 Å². The van der Waals surface area contributed by atoms with Crippen molar-refractivity contribution in [1.29, 1.82) is 0 Å². The second-order valence-electron chi connectivity index (χ2n) is 7.41. The van der Waals surface area contributed by atoms with E-state index in [9.17, 15) is 4.79 Å². The lowest BCUT2D eigenvalue weighted by Gasteiger charge is -2.10. The number of thiazole rings is 1. The molecule has 5 aromatic rings. The number of fused-ring (bicyclic) bond motifs is 1. The minimum atomic E-state index is -0.0340. The van der Waals surface area contributed by atoms with Gasteiger partial charge in [0, 0.05) is 40.7 Å². The van der Waals surface area contributed by atoms with Gasteiger partial charge in [0.1, 0.15) is 5.82 Å². The normalized spacial score (nSPS) is 11.4. The second-order valence-corrected chi connectivity index (χ2v) is 10.2. The minimum absolute atomic E-state index is 0.0340. The van der Waals surface area contributed by atoms with E-state index in [0.717, 1.165) is 46.7 Å². The molecule has 162 valence electrons. The zero-order valence-electron chi connectivity index (χ0n) is 17.5. The number of hydrogen-bond acceptors (Lipinski definition) is 7. The molecule has 4 aromatic heterocycles. The van der Waals surface area contributed by atoms with Crippen molar-refractivity contribution in [3.63, 3.8) is 0 Å². The summed E-state index contributed by atoms with van der Waals surface area (Å²) in [6, 6.07) is 16.3. The van der Waals surface area contributed by atoms with Crippen molar-refractivity contribution >= 4 is 39.4 Å². The van der Waals surface area contributed by atoms with Crippen molar-refractivity contribution in [2.24, 2.45) is 0 Å². The van der Waals surface area contributed by atoms with Crippen molar-refractivity contribution < 1.29 is 0 Å². The Bertz CT molecular complexity index is 1390. The van der Waals surface area contributed by atoms with Gasteiger partial charge in [-0.25, -0.2) is 4.98 Å². The van der Waals surface area contributed by atoms with Crippen molar-refractivity contribution in [1.82, 2.24) is 24.1 Å². The first-order valence-corrected chi connectivity index (χ1v) is 13.0. The van der Waals surface area contributed by atoms with Gasteiger partial charge in [0.25, 0.3) is 5.56 Å². The molecule has 0 saturated carbocycles. The van der Waals surface area contributed by atoms with Gasteiger partial charge < -0.3 is 4.57 Å². The molecule has 0 radical (unpaired) electrons. The molecular formula is C23H21N5OS3. The molecule has 5 rings (SSSR count). The molecule has 1 aromatic carbocycles. The highest BCUT2D eigenvalue weighted by atomic mass is 32.2. The van der Waals surface area contributed by atoms with Crippen molar-refractivity contribution in [2.75, 3.05) is 0 Å². The first kappa shape index (κ1) is 21.1. The first-order chi connectivity index (χ1) is 15.7. The molecule has 4 heterocycles. The van der Waals surface area contributed by atoms with Crippen LogP contribution in [-0.2, 0) is 25.1 Å². The van der Waals surface area contributed by atoms with Crippen molar-refractivity contribution in [3.8, 4) is 0 Å². The van der Waals surface area contributed by atoms with Crippen LogP contribution in [0.4, 0.5) is 0 Å². The van der Waals surface area contributed by atoms with Gasteiger partial charge in [-0.1, -0.05) is 48.2 Å². The van der Waals surface area contributed by atoms with Crippen molar-refractivity contribution in [3.05, 3.63) is 97.3 Å². The molecular weight excluding hydrogens is 458 g/mol. The Morgan fingerprint density at radius 3 is 2.75 bits per heavy atom. The van der Waals surface area contributed by atoms with Gasteiger partial charge in [-0.2, -0.15) is 0 Å². The largest absolute Gasteiger partial charge is 0.305 e. The summed E-state index contributed by atoms with van der Waals surface area (Å²) in [6.45, 7) is 2.73. The highest BCUT2D eigenvalue weighted by molar-refractivity contribution is 7.98. The SMILES string of the molecule is Cc1csc2nc(CSc3nnc(Cc4cccs4)n3CCc3ccccc3)cc(=O)n12. The third-order valence-corrected chi connectivity index (χ3v) is 7.97. The molecule has 0 spiro atoms. The molecule has 6 nitrogen and oxygen atoms in total. The van der Waals surface area contributed by atoms with Gasteiger partial charge in [-0.15, -0.1) is 32.9 Å². The molecule has 0 aliphatic rings. The quantitative estimate of drug-likeness (QED) is 0.298. The summed E-state index contributed by atoms with van der Waals surface area (Å²) in [5.74, 6) is 1.54. The summed E-state index contributed by atoms with van der Waals surface area (Å²) >= 11 is 4.80. The van der Waals surface area contributed by atoms with Gasteiger partial charge in [0.05, 0.1) is 5.69 Å². The van der Waals surface area contributed by atoms with E-state index < -0.39 is 0 Å². The van der Waals surface area contributed by atoms with Crippen LogP contribution in [-0.4, -0.2) is 24.1 Å². The maximum absolute atomic E-state index is 12.5. The van der Waals surface area contributed by atoms with E-state index in [1.54, 1.807) is 33.6 Å². The first-order valence-electron chi connectivity index (χ1n) is 10.3. The number of nitrogens with zero attached hydrogens (tertiary/aromatic N) is 5. The Morgan fingerprint density at radius 2 is 1.94 bits per heavy atom. The molecule has 0 N–H and O–H groups in total. The lowest BCUT2D eigenvalue weighted by Crippen LogP contribution is -2.14. The average molecular weight is 480 g/mol. The third kappa shape index (κ3) is 4.55. The number of thiophene rings is 1. The van der Waals surface area contributed by atoms with Crippen LogP contribution >= 0.6 is 34.4 Å². The Labute approximate surface area is 197 Å². The summed E-state index contributed by atoms with van der Waals surface area (Å²) in [6.07, 6.45) is 1.67. The number of aryl methyl sites for hydroxylation is 2. The summed E-state index contributed by atoms with van der Waals surface area (Å²) in [5, 5.41) is 13.9. The Morgan fingerprint density at radius 1 is 1.06 bits per heavy atom. The summed E-state index contributed by atoms with van der Waals surface area (Å²) < 4.78 is 3.86. The fourth-order valence-corrected chi connectivity index (χ4v) is 6.02. The zero-order valence-corrected chi connectivity index (χ0v) is 19.9. The predicted octanol–water partition coefficient (Wildman–Crippen LogP) is 4.84. The maximum atomic E-state index is 12.5. The van der Waals surface area contributed by atoms with Crippen LogP contribution in [0.5, 0.6) is 0 Å². The molecule has 0 fully saturated rings. The van der Waals surface area contributed by atoms with Gasteiger partial charge in [-0.05, 0) is 30.4 Å². The Kier molecular flexibility index (Phi) is 6.20. The van der Waals surface area contributed by atoms with E-state index in [1.165, 1.54) is 21.8 Å². The number of thioether (sulfide) groups is 1. The summed E-state index contributed by atoms with van der Waals surface area (Å²) in [4.78, 5) is 19.2. The standard InChI is InChI=1S/C23H21N5OS3/c1-16-14-31-22-24-18(12-21(29)28(16)22)15-32-23-26-25-20(13-19-8-5-11-30-19)27(23)10-9-17-6-3-2-4-7-17/h2-8,11-12,14H,9-10,13,15H2,1H3. The molecule has 32 heavy (non-hydrogen) atoms. The molecule has 0 saturated heterocycles. The van der Waals surface area contributed by atoms with E-state index >= 15 is 0 Å². The van der Waals surface area contributed by atoms with E-state index in [2.05, 4.69) is 61.5 Å². The van der Waals surface area contributed by atoms with Crippen LogP contribution in [0.2, 0.25) is 0 Å². The molecule has 0 bridgehead atoms. The van der Waals surface area contributed by atoms with E-state index in [-0.39, 0.29) is 5.56 Å². The maximum Gasteiger partial charge on any atom is 0.258 e. The fraction of sp³-hybridized carbons (Fsp3) is 0.217. The van der Waals surface area contributed by atoms with Crippen molar-refractivity contribution in [2.45, 2.75) is 37.2 Å². The lowest BCUT2D eigenvalue weighted by atomic mass is 10.1. The number of rotatable bonds is 8. The van der Waals surface area contributed by atoms with E-state index in [4.69, 9.17) is 0 Å². The smallest absolute Gasteiger partial charge is 0.258 e. The minimum Gasteiger partial charge on any atom is -0.305 e. The summed E-state index contributed by atoms with van der Waals surface area (Å²) in [7, 11) is 0. The molecule has 0 unspecified atom stereocenters. The molecule has 0 aliphatic heterocycles. The van der Waals surface area contributed by atoms with Crippen LogP contribution in [0.3, 0.4) is 0 Å². The van der Waals surface area contributed by atoms with Crippen LogP contribution < -0.4 is 5.56 Å². The number of benzene rings is 1. The van der Waals surface area contributed by atoms with E-state index in [0.29, 0.717) is 5.75 Å². The van der Waals surface area contributed by atoms with E-state index in [1.807, 2.05) is 18.4 Å². The molecule has 0 amide bonds. The zero-order chi connectivity index (χ0) is 21.9. The Hall–Kier alpha value is -2.75. The van der Waals surface area contributed by atoms with Gasteiger partial charge in [0.2, 0.25) is 0 Å². The topological polar surface area (TPSA) is 65.1 Å². The van der Waals surface area contributed by atoms with Gasteiger partial charge in [-0.3, -0.25) is 9.20 Å². The van der Waals surface area contributed by atoms with Gasteiger partial charge >= 0.3 is 0 Å². The summed E-state index contributed by atoms with van der Waals surface area (Å²) in [5.41, 5.74) is 2.93. The molecule has 0 atom stereocenters. The number of aromatic nitrogens is 5. The number of hydrogen-bond donors (Lipinski definition) is 0. The lowest BCUT2D eigenvalue weighted by molar-refractivity contribution is 0.610. The molecule has 0 aliphatic carbocycles. The van der Waals surface area contributed by atoms with Gasteiger partial charge in [0.15, 0.2) is 10.1 Å². The predicted molar refractivity (Wildman–Crippen MR) is 131 cm³/mol. The van der Waals surface area contributed by atoms with Crippen LogP contribution in [0, 0.1) is 6.92 Å².